The van der Waals surface area contributed by atoms with Gasteiger partial charge in [0.05, 0.1) is 32.0 Å². The van der Waals surface area contributed by atoms with Crippen LogP contribution in [0, 0.1) is 5.92 Å². The molecule has 0 radical (unpaired) electrons. The van der Waals surface area contributed by atoms with E-state index in [1.165, 1.54) is 0 Å². The number of hydrogen-bond donors (Lipinski definition) is 1. The first kappa shape index (κ1) is 14.3. The van der Waals surface area contributed by atoms with E-state index in [0.717, 1.165) is 11.1 Å². The van der Waals surface area contributed by atoms with Crippen LogP contribution in [0.4, 0.5) is 0 Å². The fraction of sp³-hybridized carbons (Fsp3) is 0.333. The van der Waals surface area contributed by atoms with Crippen molar-refractivity contribution in [1.29, 1.82) is 0 Å². The molecule has 1 heterocycles. The minimum absolute atomic E-state index is 0.0125. The van der Waals surface area contributed by atoms with Crippen molar-refractivity contribution < 1.29 is 14.6 Å². The summed E-state index contributed by atoms with van der Waals surface area (Å²) in [6.45, 7) is 1.46. The second kappa shape index (κ2) is 6.85. The summed E-state index contributed by atoms with van der Waals surface area (Å²) in [5.41, 5.74) is 2.24. The van der Waals surface area contributed by atoms with Crippen LogP contribution in [0.1, 0.15) is 17.2 Å². The molecule has 2 aromatic carbocycles. The van der Waals surface area contributed by atoms with E-state index in [0.29, 0.717) is 19.8 Å². The van der Waals surface area contributed by atoms with Crippen molar-refractivity contribution in [3.63, 3.8) is 0 Å². The molecule has 110 valence electrons. The zero-order valence-corrected chi connectivity index (χ0v) is 11.9. The van der Waals surface area contributed by atoms with Gasteiger partial charge in [-0.2, -0.15) is 0 Å². The predicted molar refractivity (Wildman–Crippen MR) is 80.7 cm³/mol. The summed E-state index contributed by atoms with van der Waals surface area (Å²) >= 11 is 0. The molecule has 1 N–H and O–H groups in total. The van der Waals surface area contributed by atoms with E-state index in [1.54, 1.807) is 0 Å². The van der Waals surface area contributed by atoms with Crippen LogP contribution in [0.15, 0.2) is 60.7 Å². The first-order chi connectivity index (χ1) is 10.3. The monoisotopic (exact) mass is 284 g/mol. The normalized spacial score (nSPS) is 22.5. The Balaban J connectivity index is 1.48. The third-order valence-electron chi connectivity index (χ3n) is 3.88. The van der Waals surface area contributed by atoms with Crippen molar-refractivity contribution in [2.75, 3.05) is 13.2 Å². The van der Waals surface area contributed by atoms with Gasteiger partial charge in [-0.15, -0.1) is 0 Å². The average Bonchev–Trinajstić information content (AvgIpc) is 2.48. The molecule has 0 aromatic heterocycles. The Morgan fingerprint density at radius 3 is 2.33 bits per heavy atom. The average molecular weight is 284 g/mol. The SMILES string of the molecule is OC(COCc1ccccc1)[C@@H]1CO[C@@H]1c1ccccc1. The van der Waals surface area contributed by atoms with Crippen LogP contribution in [0.25, 0.3) is 0 Å². The first-order valence-electron chi connectivity index (χ1n) is 7.31. The van der Waals surface area contributed by atoms with E-state index in [4.69, 9.17) is 9.47 Å². The third kappa shape index (κ3) is 3.50. The Hall–Kier alpha value is -1.68. The Morgan fingerprint density at radius 1 is 1.05 bits per heavy atom. The molecule has 1 fully saturated rings. The van der Waals surface area contributed by atoms with Crippen molar-refractivity contribution in [3.8, 4) is 0 Å². The van der Waals surface area contributed by atoms with Crippen LogP contribution in [0.2, 0.25) is 0 Å². The lowest BCUT2D eigenvalue weighted by Gasteiger charge is -2.40. The fourth-order valence-corrected chi connectivity index (χ4v) is 2.60. The highest BCUT2D eigenvalue weighted by Crippen LogP contribution is 2.37. The zero-order valence-electron chi connectivity index (χ0n) is 11.9. The molecule has 1 saturated heterocycles. The van der Waals surface area contributed by atoms with Crippen LogP contribution in [0.5, 0.6) is 0 Å². The van der Waals surface area contributed by atoms with Gasteiger partial charge >= 0.3 is 0 Å². The lowest BCUT2D eigenvalue weighted by Crippen LogP contribution is -2.43. The van der Waals surface area contributed by atoms with Crippen molar-refractivity contribution in [1.82, 2.24) is 0 Å². The summed E-state index contributed by atoms with van der Waals surface area (Å²) in [6, 6.07) is 20.0. The number of hydrogen-bond acceptors (Lipinski definition) is 3. The van der Waals surface area contributed by atoms with Crippen LogP contribution < -0.4 is 0 Å². The number of aliphatic hydroxyl groups excluding tert-OH is 1. The van der Waals surface area contributed by atoms with Gasteiger partial charge in [0.1, 0.15) is 0 Å². The smallest absolute Gasteiger partial charge is 0.0901 e. The molecule has 0 aliphatic carbocycles. The minimum Gasteiger partial charge on any atom is -0.390 e. The largest absolute Gasteiger partial charge is 0.390 e. The highest BCUT2D eigenvalue weighted by Gasteiger charge is 2.38. The summed E-state index contributed by atoms with van der Waals surface area (Å²) in [5, 5.41) is 10.3. The van der Waals surface area contributed by atoms with Crippen molar-refractivity contribution in [2.45, 2.75) is 18.8 Å². The molecule has 1 aliphatic rings. The maximum Gasteiger partial charge on any atom is 0.0901 e. The van der Waals surface area contributed by atoms with Gasteiger partial charge in [-0.25, -0.2) is 0 Å². The van der Waals surface area contributed by atoms with Gasteiger partial charge in [0, 0.05) is 5.92 Å². The Morgan fingerprint density at radius 2 is 1.71 bits per heavy atom. The summed E-state index contributed by atoms with van der Waals surface area (Å²) < 4.78 is 11.2. The summed E-state index contributed by atoms with van der Waals surface area (Å²) in [6.07, 6.45) is -0.505. The molecule has 3 nitrogen and oxygen atoms in total. The molecule has 0 spiro atoms. The van der Waals surface area contributed by atoms with Gasteiger partial charge in [-0.1, -0.05) is 60.7 Å². The topological polar surface area (TPSA) is 38.7 Å². The maximum atomic E-state index is 10.3. The Labute approximate surface area is 125 Å². The molecule has 3 atom stereocenters. The van der Waals surface area contributed by atoms with Crippen LogP contribution in [-0.2, 0) is 16.1 Å². The zero-order chi connectivity index (χ0) is 14.5. The van der Waals surface area contributed by atoms with E-state index in [1.807, 2.05) is 60.7 Å². The van der Waals surface area contributed by atoms with Gasteiger partial charge in [-0.05, 0) is 11.1 Å². The van der Waals surface area contributed by atoms with Crippen LogP contribution in [-0.4, -0.2) is 24.4 Å². The van der Waals surface area contributed by atoms with Gasteiger partial charge in [0.2, 0.25) is 0 Å². The summed E-state index contributed by atoms with van der Waals surface area (Å²) in [4.78, 5) is 0. The van der Waals surface area contributed by atoms with E-state index >= 15 is 0 Å². The summed E-state index contributed by atoms with van der Waals surface area (Å²) in [7, 11) is 0. The minimum atomic E-state index is -0.493. The highest BCUT2D eigenvalue weighted by atomic mass is 16.5. The second-order valence-electron chi connectivity index (χ2n) is 5.40. The maximum absolute atomic E-state index is 10.3. The molecule has 3 rings (SSSR count). The Bertz CT molecular complexity index is 541. The van der Waals surface area contributed by atoms with Crippen LogP contribution >= 0.6 is 0 Å². The van der Waals surface area contributed by atoms with E-state index in [2.05, 4.69) is 0 Å². The first-order valence-corrected chi connectivity index (χ1v) is 7.31. The molecule has 1 aliphatic heterocycles. The van der Waals surface area contributed by atoms with Crippen molar-refractivity contribution in [3.05, 3.63) is 71.8 Å². The molecule has 21 heavy (non-hydrogen) atoms. The number of ether oxygens (including phenoxy) is 2. The molecule has 0 amide bonds. The van der Waals surface area contributed by atoms with Crippen molar-refractivity contribution >= 4 is 0 Å². The fourth-order valence-electron chi connectivity index (χ4n) is 2.60. The van der Waals surface area contributed by atoms with Gasteiger partial charge in [-0.3, -0.25) is 0 Å². The van der Waals surface area contributed by atoms with E-state index in [-0.39, 0.29) is 12.0 Å². The number of benzene rings is 2. The molecule has 0 bridgehead atoms. The van der Waals surface area contributed by atoms with Gasteiger partial charge in [0.25, 0.3) is 0 Å². The predicted octanol–water partition coefficient (Wildman–Crippen LogP) is 2.95. The quantitative estimate of drug-likeness (QED) is 0.886. The highest BCUT2D eigenvalue weighted by molar-refractivity contribution is 5.20. The van der Waals surface area contributed by atoms with Gasteiger partial charge in [0.15, 0.2) is 0 Å². The Kier molecular flexibility index (Phi) is 4.65. The summed E-state index contributed by atoms with van der Waals surface area (Å²) in [5.74, 6) is 0.114. The molecule has 0 saturated carbocycles. The van der Waals surface area contributed by atoms with E-state index in [9.17, 15) is 5.11 Å². The molecule has 1 unspecified atom stereocenters. The van der Waals surface area contributed by atoms with E-state index < -0.39 is 6.10 Å². The molecule has 3 heteroatoms. The standard InChI is InChI=1S/C18H20O3/c19-17(13-20-11-14-7-3-1-4-8-14)16-12-21-18(16)15-9-5-2-6-10-15/h1-10,16-19H,11-13H2/t16-,17?,18+/m0/s1. The number of aliphatic hydroxyl groups is 1. The molecular formula is C18H20O3. The molecule has 2 aromatic rings. The third-order valence-corrected chi connectivity index (χ3v) is 3.88. The van der Waals surface area contributed by atoms with Crippen LogP contribution in [0.3, 0.4) is 0 Å². The van der Waals surface area contributed by atoms with Gasteiger partial charge < -0.3 is 14.6 Å². The lowest BCUT2D eigenvalue weighted by atomic mass is 9.87. The van der Waals surface area contributed by atoms with Crippen molar-refractivity contribution in [2.24, 2.45) is 5.92 Å². The second-order valence-corrected chi connectivity index (χ2v) is 5.40. The lowest BCUT2D eigenvalue weighted by molar-refractivity contribution is -0.173. The molecular weight excluding hydrogens is 264 g/mol. The number of rotatable bonds is 6.